The zero-order valence-electron chi connectivity index (χ0n) is 16.6. The number of hydrogen-bond donors (Lipinski definition) is 3. The predicted molar refractivity (Wildman–Crippen MR) is 112 cm³/mol. The van der Waals surface area contributed by atoms with Gasteiger partial charge < -0.3 is 16.8 Å². The van der Waals surface area contributed by atoms with Crippen LogP contribution in [0.1, 0.15) is 24.2 Å². The molecule has 0 radical (unpaired) electrons. The molecule has 2 aromatic heterocycles. The highest BCUT2D eigenvalue weighted by atomic mass is 15.2. The van der Waals surface area contributed by atoms with Gasteiger partial charge in [0.2, 0.25) is 0 Å². The molecule has 0 unspecified atom stereocenters. The zero-order chi connectivity index (χ0) is 19.5. The summed E-state index contributed by atoms with van der Waals surface area (Å²) in [6.07, 6.45) is 5.76. The van der Waals surface area contributed by atoms with Crippen molar-refractivity contribution in [2.45, 2.75) is 25.9 Å². The van der Waals surface area contributed by atoms with Crippen molar-refractivity contribution in [1.82, 2.24) is 19.8 Å². The Hall–Kier alpha value is -2.22. The summed E-state index contributed by atoms with van der Waals surface area (Å²) in [5.74, 6) is 0. The lowest BCUT2D eigenvalue weighted by molar-refractivity contribution is 0.244. The first-order chi connectivity index (χ1) is 13.1. The molecule has 27 heavy (non-hydrogen) atoms. The molecular weight excluding hydrogens is 338 g/mol. The quantitative estimate of drug-likeness (QED) is 0.489. The molecule has 0 spiro atoms. The number of likely N-dealkylation sites (N-methyl/N-ethyl adjacent to an activating group) is 2. The molecule has 0 amide bonds. The molecular formula is C20H33N7. The molecule has 148 valence electrons. The van der Waals surface area contributed by atoms with Crippen molar-refractivity contribution >= 4 is 11.4 Å². The Balaban J connectivity index is 1.73. The van der Waals surface area contributed by atoms with Gasteiger partial charge in [0.25, 0.3) is 0 Å². The molecule has 7 heteroatoms. The Morgan fingerprint density at radius 1 is 0.926 bits per heavy atom. The first-order valence-corrected chi connectivity index (χ1v) is 9.53. The number of rotatable bonds is 12. The van der Waals surface area contributed by atoms with Crippen LogP contribution < -0.4 is 16.8 Å². The second kappa shape index (κ2) is 11.5. The molecule has 0 fully saturated rings. The molecule has 5 N–H and O–H groups in total. The van der Waals surface area contributed by atoms with Crippen LogP contribution in [0.25, 0.3) is 0 Å². The number of nitrogen functional groups attached to an aromatic ring is 1. The van der Waals surface area contributed by atoms with Crippen LogP contribution in [0, 0.1) is 0 Å². The fourth-order valence-electron chi connectivity index (χ4n) is 2.81. The van der Waals surface area contributed by atoms with Crippen LogP contribution in [-0.2, 0) is 13.1 Å². The highest BCUT2D eigenvalue weighted by Gasteiger charge is 2.06. The Morgan fingerprint density at radius 3 is 2.19 bits per heavy atom. The average Bonchev–Trinajstić information content (AvgIpc) is 2.64. The van der Waals surface area contributed by atoms with Crippen LogP contribution in [0.15, 0.2) is 36.7 Å². The molecule has 0 aliphatic rings. The van der Waals surface area contributed by atoms with Gasteiger partial charge in [-0.3, -0.25) is 19.8 Å². The van der Waals surface area contributed by atoms with E-state index in [1.807, 2.05) is 24.4 Å². The van der Waals surface area contributed by atoms with Crippen molar-refractivity contribution in [2.24, 2.45) is 5.73 Å². The fourth-order valence-corrected chi connectivity index (χ4v) is 2.81. The molecule has 0 aliphatic heterocycles. The Bertz CT molecular complexity index is 677. The summed E-state index contributed by atoms with van der Waals surface area (Å²) in [5.41, 5.74) is 15.3. The molecule has 0 atom stereocenters. The summed E-state index contributed by atoms with van der Waals surface area (Å²) in [7, 11) is 4.22. The van der Waals surface area contributed by atoms with Crippen LogP contribution in [0.3, 0.4) is 0 Å². The van der Waals surface area contributed by atoms with Crippen molar-refractivity contribution < 1.29 is 0 Å². The van der Waals surface area contributed by atoms with Crippen LogP contribution in [0.4, 0.5) is 11.4 Å². The first-order valence-electron chi connectivity index (χ1n) is 9.53. The second-order valence-corrected chi connectivity index (χ2v) is 7.01. The van der Waals surface area contributed by atoms with E-state index in [1.54, 1.807) is 6.20 Å². The van der Waals surface area contributed by atoms with Crippen LogP contribution >= 0.6 is 0 Å². The molecule has 0 saturated heterocycles. The van der Waals surface area contributed by atoms with E-state index >= 15 is 0 Å². The topological polar surface area (TPSA) is 96.3 Å². The van der Waals surface area contributed by atoms with Crippen molar-refractivity contribution in [3.8, 4) is 0 Å². The Kier molecular flexibility index (Phi) is 8.97. The number of hydrogen-bond acceptors (Lipinski definition) is 7. The number of anilines is 2. The van der Waals surface area contributed by atoms with Gasteiger partial charge in [0, 0.05) is 56.5 Å². The van der Waals surface area contributed by atoms with E-state index in [-0.39, 0.29) is 0 Å². The van der Waals surface area contributed by atoms with Gasteiger partial charge in [-0.2, -0.15) is 0 Å². The normalized spacial score (nSPS) is 11.3. The van der Waals surface area contributed by atoms with Gasteiger partial charge >= 0.3 is 0 Å². The molecule has 2 aromatic rings. The average molecular weight is 372 g/mol. The molecule has 2 heterocycles. The minimum Gasteiger partial charge on any atom is -0.399 e. The molecule has 0 aliphatic carbocycles. The van der Waals surface area contributed by atoms with E-state index in [1.165, 1.54) is 0 Å². The molecule has 0 bridgehead atoms. The summed E-state index contributed by atoms with van der Waals surface area (Å²) < 4.78 is 0. The van der Waals surface area contributed by atoms with Gasteiger partial charge in [0.1, 0.15) is 0 Å². The number of pyridine rings is 2. The largest absolute Gasteiger partial charge is 0.399 e. The third kappa shape index (κ3) is 8.34. The van der Waals surface area contributed by atoms with Crippen molar-refractivity contribution in [3.63, 3.8) is 0 Å². The number of nitrogens with one attached hydrogen (secondary N) is 1. The lowest BCUT2D eigenvalue weighted by atomic mass is 10.2. The summed E-state index contributed by atoms with van der Waals surface area (Å²) in [6.45, 7) is 5.20. The molecule has 0 saturated carbocycles. The summed E-state index contributed by atoms with van der Waals surface area (Å²) >= 11 is 0. The first kappa shape index (κ1) is 21.1. The van der Waals surface area contributed by atoms with Gasteiger partial charge in [-0.15, -0.1) is 0 Å². The zero-order valence-corrected chi connectivity index (χ0v) is 16.6. The number of unbranched alkanes of at least 4 members (excludes halogenated alkanes) is 1. The highest BCUT2D eigenvalue weighted by Crippen LogP contribution is 2.10. The maximum Gasteiger partial charge on any atom is 0.0564 e. The number of nitrogens with zero attached hydrogens (tertiary/aromatic N) is 4. The lowest BCUT2D eigenvalue weighted by Gasteiger charge is -2.22. The third-order valence-electron chi connectivity index (χ3n) is 4.34. The lowest BCUT2D eigenvalue weighted by Crippen LogP contribution is -2.30. The van der Waals surface area contributed by atoms with Crippen LogP contribution in [0.5, 0.6) is 0 Å². The van der Waals surface area contributed by atoms with Crippen molar-refractivity contribution in [2.75, 3.05) is 51.3 Å². The monoisotopic (exact) mass is 371 g/mol. The van der Waals surface area contributed by atoms with E-state index in [4.69, 9.17) is 11.5 Å². The fraction of sp³-hybridized carbons (Fsp3) is 0.500. The minimum atomic E-state index is 0.746. The Morgan fingerprint density at radius 2 is 1.56 bits per heavy atom. The SMILES string of the molecule is CN(CCN(C)Cc1cc(NCCCCN)ccn1)Cc1cc(N)ccn1. The highest BCUT2D eigenvalue weighted by molar-refractivity contribution is 5.43. The summed E-state index contributed by atoms with van der Waals surface area (Å²) in [5, 5.41) is 3.44. The maximum atomic E-state index is 5.82. The smallest absolute Gasteiger partial charge is 0.0564 e. The van der Waals surface area contributed by atoms with Crippen molar-refractivity contribution in [3.05, 3.63) is 48.0 Å². The van der Waals surface area contributed by atoms with Crippen molar-refractivity contribution in [1.29, 1.82) is 0 Å². The van der Waals surface area contributed by atoms with Crippen LogP contribution in [0.2, 0.25) is 0 Å². The van der Waals surface area contributed by atoms with Gasteiger partial charge in [-0.25, -0.2) is 0 Å². The van der Waals surface area contributed by atoms with E-state index in [0.717, 1.165) is 74.9 Å². The van der Waals surface area contributed by atoms with Gasteiger partial charge in [-0.05, 0) is 57.7 Å². The number of nitrogens with two attached hydrogens (primary N) is 2. The van der Waals surface area contributed by atoms with Gasteiger partial charge in [0.05, 0.1) is 11.4 Å². The standard InChI is InChI=1S/C20H33N7/c1-26(15-19-13-17(22)5-9-24-19)11-12-27(2)16-20-14-18(6-10-25-20)23-8-4-3-7-21/h5-6,9-10,13-14H,3-4,7-8,11-12,15-16,21H2,1-2H3,(H2,22,24)(H,23,25). The second-order valence-electron chi connectivity index (χ2n) is 7.01. The van der Waals surface area contributed by atoms with E-state index in [9.17, 15) is 0 Å². The molecule has 0 aromatic carbocycles. The van der Waals surface area contributed by atoms with E-state index in [0.29, 0.717) is 0 Å². The van der Waals surface area contributed by atoms with E-state index in [2.05, 4.69) is 45.2 Å². The maximum absolute atomic E-state index is 5.82. The molecule has 2 rings (SSSR count). The van der Waals surface area contributed by atoms with E-state index < -0.39 is 0 Å². The minimum absolute atomic E-state index is 0.746. The Labute approximate surface area is 162 Å². The molecule has 7 nitrogen and oxygen atoms in total. The van der Waals surface area contributed by atoms with Gasteiger partial charge in [-0.1, -0.05) is 0 Å². The summed E-state index contributed by atoms with van der Waals surface area (Å²) in [4.78, 5) is 13.4. The third-order valence-corrected chi connectivity index (χ3v) is 4.34. The van der Waals surface area contributed by atoms with Gasteiger partial charge in [0.15, 0.2) is 0 Å². The number of aromatic nitrogens is 2. The van der Waals surface area contributed by atoms with Crippen LogP contribution in [-0.4, -0.2) is 60.0 Å². The summed E-state index contributed by atoms with van der Waals surface area (Å²) in [6, 6.07) is 7.87. The predicted octanol–water partition coefficient (Wildman–Crippen LogP) is 1.77.